The van der Waals surface area contributed by atoms with E-state index in [4.69, 9.17) is 21.1 Å². The summed E-state index contributed by atoms with van der Waals surface area (Å²) >= 11 is 5.69. The van der Waals surface area contributed by atoms with Gasteiger partial charge in [0.1, 0.15) is 23.4 Å². The van der Waals surface area contributed by atoms with Crippen molar-refractivity contribution in [2.45, 2.75) is 17.1 Å². The van der Waals surface area contributed by atoms with Gasteiger partial charge in [0.05, 0.1) is 24.7 Å². The van der Waals surface area contributed by atoms with Crippen LogP contribution < -0.4 is 14.2 Å². The van der Waals surface area contributed by atoms with Gasteiger partial charge in [0.25, 0.3) is 0 Å². The van der Waals surface area contributed by atoms with E-state index in [1.54, 1.807) is 23.9 Å². The summed E-state index contributed by atoms with van der Waals surface area (Å²) in [6.45, 7) is 0. The number of aryl methyl sites for hydroxylation is 1. The van der Waals surface area contributed by atoms with Crippen molar-refractivity contribution in [3.05, 3.63) is 70.8 Å². The fourth-order valence-corrected chi connectivity index (χ4v) is 4.66. The molecule has 32 heavy (non-hydrogen) atoms. The topological polar surface area (TPSA) is 82.4 Å². The van der Waals surface area contributed by atoms with Crippen LogP contribution in [0.3, 0.4) is 0 Å². The monoisotopic (exact) mass is 489 g/mol. The number of benzene rings is 2. The second-order valence-electron chi connectivity index (χ2n) is 6.73. The summed E-state index contributed by atoms with van der Waals surface area (Å²) in [5.74, 6) is 0.965. The summed E-state index contributed by atoms with van der Waals surface area (Å²) in [4.78, 5) is 3.22. The van der Waals surface area contributed by atoms with Crippen LogP contribution in [-0.2, 0) is 23.2 Å². The average molecular weight is 490 g/mol. The molecule has 1 aromatic heterocycles. The minimum atomic E-state index is -4.94. The fraction of sp³-hybridized carbons (Fsp3) is 0.250. The maximum Gasteiger partial charge on any atom is 0.417 e. The number of hydrogen-bond acceptors (Lipinski definition) is 5. The molecule has 1 heterocycles. The van der Waals surface area contributed by atoms with E-state index in [-0.39, 0.29) is 10.8 Å². The first kappa shape index (κ1) is 23.9. The van der Waals surface area contributed by atoms with Crippen molar-refractivity contribution in [2.75, 3.05) is 14.2 Å². The van der Waals surface area contributed by atoms with Crippen molar-refractivity contribution in [1.29, 1.82) is 0 Å². The number of halogens is 4. The number of nitrogens with one attached hydrogen (secondary N) is 1. The molecule has 0 amide bonds. The number of sulfonamides is 1. The second kappa shape index (κ2) is 9.00. The molecule has 3 rings (SSSR count). The zero-order valence-electron chi connectivity index (χ0n) is 17.1. The highest BCUT2D eigenvalue weighted by Gasteiger charge is 2.38. The lowest BCUT2D eigenvalue weighted by Crippen LogP contribution is -2.32. The van der Waals surface area contributed by atoms with Crippen LogP contribution in [0.4, 0.5) is 13.2 Å². The largest absolute Gasteiger partial charge is 0.497 e. The minimum Gasteiger partial charge on any atom is -0.497 e. The van der Waals surface area contributed by atoms with Gasteiger partial charge >= 0.3 is 6.18 Å². The van der Waals surface area contributed by atoms with Gasteiger partial charge in [-0.3, -0.25) is 0 Å². The normalized spacial score (nSPS) is 13.1. The molecule has 0 saturated carbocycles. The van der Waals surface area contributed by atoms with Crippen LogP contribution in [0.1, 0.15) is 23.0 Å². The zero-order valence-corrected chi connectivity index (χ0v) is 18.7. The zero-order chi connectivity index (χ0) is 23.7. The SMILES string of the molecule is COc1cc(OC)cc(C(NS(=O)(=O)c2ccc(Cl)cc2C(F)(F)F)c2nccn2C)c1. The minimum absolute atomic E-state index is 0.241. The van der Waals surface area contributed by atoms with Gasteiger partial charge in [-0.05, 0) is 35.9 Å². The van der Waals surface area contributed by atoms with E-state index in [2.05, 4.69) is 9.71 Å². The number of methoxy groups -OCH3 is 2. The lowest BCUT2D eigenvalue weighted by molar-refractivity contribution is -0.139. The predicted molar refractivity (Wildman–Crippen MR) is 111 cm³/mol. The van der Waals surface area contributed by atoms with E-state index in [9.17, 15) is 21.6 Å². The van der Waals surface area contributed by atoms with Crippen molar-refractivity contribution >= 4 is 21.6 Å². The first-order valence-electron chi connectivity index (χ1n) is 9.05. The quantitative estimate of drug-likeness (QED) is 0.538. The Labute approximate surface area is 187 Å². The standard InChI is InChI=1S/C20H19ClF3N3O4S/c1-27-7-6-25-19(27)18(12-8-14(30-2)11-15(9-12)31-3)26-32(28,29)17-5-4-13(21)10-16(17)20(22,23)24/h4-11,18,26H,1-3H3. The summed E-state index contributed by atoms with van der Waals surface area (Å²) in [6, 6.07) is 5.97. The van der Waals surface area contributed by atoms with Crippen molar-refractivity contribution in [1.82, 2.24) is 14.3 Å². The molecule has 7 nitrogen and oxygen atoms in total. The number of nitrogens with zero attached hydrogens (tertiary/aromatic N) is 2. The molecule has 0 radical (unpaired) electrons. The smallest absolute Gasteiger partial charge is 0.417 e. The van der Waals surface area contributed by atoms with Crippen LogP contribution in [0.5, 0.6) is 11.5 Å². The third-order valence-electron chi connectivity index (χ3n) is 4.63. The maximum atomic E-state index is 13.6. The molecular formula is C20H19ClF3N3O4S. The summed E-state index contributed by atoms with van der Waals surface area (Å²) < 4.78 is 81.3. The number of rotatable bonds is 7. The molecule has 0 saturated heterocycles. The molecule has 3 aromatic rings. The van der Waals surface area contributed by atoms with Crippen LogP contribution in [0.25, 0.3) is 0 Å². The molecule has 1 N–H and O–H groups in total. The van der Waals surface area contributed by atoms with Gasteiger partial charge in [0.2, 0.25) is 10.0 Å². The van der Waals surface area contributed by atoms with Gasteiger partial charge in [-0.2, -0.15) is 17.9 Å². The van der Waals surface area contributed by atoms with Gasteiger partial charge in [0.15, 0.2) is 0 Å². The number of aromatic nitrogens is 2. The Morgan fingerprint density at radius 3 is 2.22 bits per heavy atom. The molecule has 0 bridgehead atoms. The van der Waals surface area contributed by atoms with E-state index >= 15 is 0 Å². The lowest BCUT2D eigenvalue weighted by Gasteiger charge is -2.22. The van der Waals surface area contributed by atoms with E-state index in [0.29, 0.717) is 23.1 Å². The fourth-order valence-electron chi connectivity index (χ4n) is 3.10. The highest BCUT2D eigenvalue weighted by Crippen LogP contribution is 2.37. The van der Waals surface area contributed by atoms with Crippen molar-refractivity contribution in [2.24, 2.45) is 7.05 Å². The Morgan fingerprint density at radius 2 is 1.72 bits per heavy atom. The Kier molecular flexibility index (Phi) is 6.72. The van der Waals surface area contributed by atoms with Crippen molar-refractivity contribution < 1.29 is 31.1 Å². The molecule has 12 heteroatoms. The Balaban J connectivity index is 2.17. The van der Waals surface area contributed by atoms with Crippen LogP contribution in [0.15, 0.2) is 53.7 Å². The summed E-state index contributed by atoms with van der Waals surface area (Å²) in [5.41, 5.74) is -1.03. The molecule has 2 aromatic carbocycles. The highest BCUT2D eigenvalue weighted by molar-refractivity contribution is 7.89. The molecule has 0 aliphatic carbocycles. The van der Waals surface area contributed by atoms with Gasteiger partial charge < -0.3 is 14.0 Å². The number of alkyl halides is 3. The van der Waals surface area contributed by atoms with Crippen LogP contribution in [-0.4, -0.2) is 32.2 Å². The molecule has 0 aliphatic rings. The van der Waals surface area contributed by atoms with E-state index < -0.39 is 32.7 Å². The third kappa shape index (κ3) is 5.00. The van der Waals surface area contributed by atoms with Crippen molar-refractivity contribution in [3.8, 4) is 11.5 Å². The van der Waals surface area contributed by atoms with E-state index in [1.165, 1.54) is 32.5 Å². The van der Waals surface area contributed by atoms with Gasteiger partial charge in [-0.1, -0.05) is 11.6 Å². The second-order valence-corrected chi connectivity index (χ2v) is 8.85. The molecular weight excluding hydrogens is 471 g/mol. The summed E-state index contributed by atoms with van der Waals surface area (Å²) in [5, 5.41) is -0.241. The molecule has 0 fully saturated rings. The van der Waals surface area contributed by atoms with E-state index in [1.807, 2.05) is 0 Å². The highest BCUT2D eigenvalue weighted by atomic mass is 35.5. The molecule has 0 spiro atoms. The summed E-state index contributed by atoms with van der Waals surface area (Å²) in [6.07, 6.45) is -1.91. The van der Waals surface area contributed by atoms with Crippen LogP contribution in [0.2, 0.25) is 5.02 Å². The molecule has 1 unspecified atom stereocenters. The molecule has 0 aliphatic heterocycles. The lowest BCUT2D eigenvalue weighted by atomic mass is 10.1. The Bertz CT molecular complexity index is 1210. The molecule has 172 valence electrons. The predicted octanol–water partition coefficient (Wildman–Crippen LogP) is 4.18. The number of imidazole rings is 1. The van der Waals surface area contributed by atoms with E-state index in [0.717, 1.165) is 12.1 Å². The van der Waals surface area contributed by atoms with Crippen LogP contribution in [0, 0.1) is 0 Å². The molecule has 1 atom stereocenters. The first-order chi connectivity index (χ1) is 15.0. The average Bonchev–Trinajstić information content (AvgIpc) is 3.16. The van der Waals surface area contributed by atoms with Gasteiger partial charge in [0, 0.05) is 30.5 Å². The maximum absolute atomic E-state index is 13.6. The van der Waals surface area contributed by atoms with Gasteiger partial charge in [-0.25, -0.2) is 13.4 Å². The van der Waals surface area contributed by atoms with Crippen molar-refractivity contribution in [3.63, 3.8) is 0 Å². The summed E-state index contributed by atoms with van der Waals surface area (Å²) in [7, 11) is -0.217. The third-order valence-corrected chi connectivity index (χ3v) is 6.35. The Hall–Kier alpha value is -2.76. The Morgan fingerprint density at radius 1 is 1.09 bits per heavy atom. The first-order valence-corrected chi connectivity index (χ1v) is 10.9. The number of hydrogen-bond donors (Lipinski definition) is 1. The number of ether oxygens (including phenoxy) is 2. The van der Waals surface area contributed by atoms with Crippen LogP contribution >= 0.6 is 11.6 Å². The van der Waals surface area contributed by atoms with Gasteiger partial charge in [-0.15, -0.1) is 0 Å².